The lowest BCUT2D eigenvalue weighted by Crippen LogP contribution is -2.34. The number of halogens is 3. The highest BCUT2D eigenvalue weighted by Gasteiger charge is 2.35. The van der Waals surface area contributed by atoms with Gasteiger partial charge in [-0.1, -0.05) is 12.1 Å². The van der Waals surface area contributed by atoms with E-state index in [0.717, 1.165) is 34.9 Å². The quantitative estimate of drug-likeness (QED) is 0.830. The molecule has 8 heteroatoms. The minimum atomic E-state index is -4.52. The number of likely N-dealkylation sites (tertiary alicyclic amines) is 1. The molecule has 2 heterocycles. The minimum absolute atomic E-state index is 0.0774. The standard InChI is InChI=1S/C18H20F3N3O2/c1-12-10-16(18(19,20)21)22-24(12)11-17(25)23-9-3-4-15(23)13-5-7-14(26-2)8-6-13/h5-8,10,15H,3-4,9,11H2,1-2H3. The summed E-state index contributed by atoms with van der Waals surface area (Å²) in [5.74, 6) is 0.500. The van der Waals surface area contributed by atoms with Gasteiger partial charge >= 0.3 is 6.18 Å². The molecular formula is C18H20F3N3O2. The molecule has 0 saturated carbocycles. The zero-order valence-corrected chi connectivity index (χ0v) is 14.6. The number of hydrogen-bond acceptors (Lipinski definition) is 3. The normalized spacial score (nSPS) is 17.6. The third kappa shape index (κ3) is 3.68. The number of alkyl halides is 3. The predicted octanol–water partition coefficient (Wildman–Crippen LogP) is 3.58. The first-order chi connectivity index (χ1) is 12.3. The number of aryl methyl sites for hydroxylation is 1. The molecule has 0 aliphatic carbocycles. The first-order valence-corrected chi connectivity index (χ1v) is 8.34. The Balaban J connectivity index is 1.75. The van der Waals surface area contributed by atoms with E-state index in [4.69, 9.17) is 4.74 Å². The van der Waals surface area contributed by atoms with Crippen molar-refractivity contribution < 1.29 is 22.7 Å². The predicted molar refractivity (Wildman–Crippen MR) is 88.6 cm³/mol. The number of rotatable bonds is 4. The van der Waals surface area contributed by atoms with Crippen molar-refractivity contribution in [3.8, 4) is 5.75 Å². The number of carbonyl (C=O) groups is 1. The van der Waals surface area contributed by atoms with Gasteiger partial charge in [0.25, 0.3) is 0 Å². The van der Waals surface area contributed by atoms with Crippen molar-refractivity contribution >= 4 is 5.91 Å². The Hall–Kier alpha value is -2.51. The van der Waals surface area contributed by atoms with Crippen LogP contribution in [0.4, 0.5) is 13.2 Å². The molecule has 1 aliphatic rings. The Kier molecular flexibility index (Phi) is 4.93. The van der Waals surface area contributed by atoms with Crippen LogP contribution in [0.1, 0.15) is 35.8 Å². The zero-order chi connectivity index (χ0) is 18.9. The lowest BCUT2D eigenvalue weighted by Gasteiger charge is -2.25. The van der Waals surface area contributed by atoms with Crippen molar-refractivity contribution in [2.45, 2.75) is 38.5 Å². The van der Waals surface area contributed by atoms with Crippen LogP contribution < -0.4 is 4.74 Å². The molecule has 1 atom stereocenters. The smallest absolute Gasteiger partial charge is 0.435 e. The summed E-state index contributed by atoms with van der Waals surface area (Å²) in [6.07, 6.45) is -2.84. The van der Waals surface area contributed by atoms with E-state index in [0.29, 0.717) is 12.2 Å². The third-order valence-corrected chi connectivity index (χ3v) is 4.63. The summed E-state index contributed by atoms with van der Waals surface area (Å²) in [4.78, 5) is 14.4. The van der Waals surface area contributed by atoms with Crippen molar-refractivity contribution in [1.82, 2.24) is 14.7 Å². The Morgan fingerprint density at radius 2 is 2.00 bits per heavy atom. The van der Waals surface area contributed by atoms with Gasteiger partial charge in [0.1, 0.15) is 12.3 Å². The van der Waals surface area contributed by atoms with Gasteiger partial charge in [-0.25, -0.2) is 0 Å². The highest BCUT2D eigenvalue weighted by Crippen LogP contribution is 2.33. The van der Waals surface area contributed by atoms with E-state index in [1.165, 1.54) is 6.92 Å². The van der Waals surface area contributed by atoms with E-state index >= 15 is 0 Å². The van der Waals surface area contributed by atoms with Crippen molar-refractivity contribution in [2.75, 3.05) is 13.7 Å². The number of methoxy groups -OCH3 is 1. The third-order valence-electron chi connectivity index (χ3n) is 4.63. The van der Waals surface area contributed by atoms with Gasteiger partial charge in [0.15, 0.2) is 5.69 Å². The molecule has 0 spiro atoms. The van der Waals surface area contributed by atoms with E-state index in [1.54, 1.807) is 12.0 Å². The number of nitrogens with zero attached hydrogens (tertiary/aromatic N) is 3. The van der Waals surface area contributed by atoms with Gasteiger partial charge in [0.2, 0.25) is 5.91 Å². The largest absolute Gasteiger partial charge is 0.497 e. The second-order valence-corrected chi connectivity index (χ2v) is 6.34. The van der Waals surface area contributed by atoms with Gasteiger partial charge in [0, 0.05) is 12.2 Å². The topological polar surface area (TPSA) is 47.4 Å². The Morgan fingerprint density at radius 1 is 1.31 bits per heavy atom. The highest BCUT2D eigenvalue weighted by atomic mass is 19.4. The summed E-state index contributed by atoms with van der Waals surface area (Å²) in [6, 6.07) is 8.38. The van der Waals surface area contributed by atoms with Gasteiger partial charge < -0.3 is 9.64 Å². The molecule has 1 aromatic heterocycles. The summed E-state index contributed by atoms with van der Waals surface area (Å²) in [7, 11) is 1.59. The molecular weight excluding hydrogens is 347 g/mol. The van der Waals surface area contributed by atoms with Gasteiger partial charge in [0.05, 0.1) is 13.2 Å². The molecule has 26 heavy (non-hydrogen) atoms. The maximum absolute atomic E-state index is 12.8. The summed E-state index contributed by atoms with van der Waals surface area (Å²) in [5.41, 5.74) is 0.326. The van der Waals surface area contributed by atoms with Crippen LogP contribution in [-0.2, 0) is 17.5 Å². The first-order valence-electron chi connectivity index (χ1n) is 8.34. The first kappa shape index (κ1) is 18.3. The molecule has 1 fully saturated rings. The molecule has 0 radical (unpaired) electrons. The number of aromatic nitrogens is 2. The second-order valence-electron chi connectivity index (χ2n) is 6.34. The van der Waals surface area contributed by atoms with Crippen molar-refractivity contribution in [1.29, 1.82) is 0 Å². The van der Waals surface area contributed by atoms with Crippen LogP contribution in [0.25, 0.3) is 0 Å². The highest BCUT2D eigenvalue weighted by molar-refractivity contribution is 5.77. The molecule has 1 unspecified atom stereocenters. The molecule has 0 bridgehead atoms. The average molecular weight is 367 g/mol. The Morgan fingerprint density at radius 3 is 2.58 bits per heavy atom. The van der Waals surface area contributed by atoms with Crippen LogP contribution in [-0.4, -0.2) is 34.2 Å². The maximum Gasteiger partial charge on any atom is 0.435 e. The Labute approximate surface area is 149 Å². The number of benzene rings is 1. The lowest BCUT2D eigenvalue weighted by atomic mass is 10.0. The summed E-state index contributed by atoms with van der Waals surface area (Å²) in [6.45, 7) is 1.90. The molecule has 1 saturated heterocycles. The van der Waals surface area contributed by atoms with E-state index < -0.39 is 11.9 Å². The van der Waals surface area contributed by atoms with Gasteiger partial charge in [-0.2, -0.15) is 18.3 Å². The van der Waals surface area contributed by atoms with Crippen molar-refractivity contribution in [3.63, 3.8) is 0 Å². The second kappa shape index (κ2) is 7.01. The van der Waals surface area contributed by atoms with Crippen molar-refractivity contribution in [2.24, 2.45) is 0 Å². The van der Waals surface area contributed by atoms with E-state index in [-0.39, 0.29) is 18.5 Å². The van der Waals surface area contributed by atoms with Crippen LogP contribution >= 0.6 is 0 Å². The SMILES string of the molecule is COc1ccc(C2CCCN2C(=O)Cn2nc(C(F)(F)F)cc2C)cc1. The van der Waals surface area contributed by atoms with Gasteiger partial charge in [-0.3, -0.25) is 9.48 Å². The van der Waals surface area contributed by atoms with Gasteiger partial charge in [-0.15, -0.1) is 0 Å². The van der Waals surface area contributed by atoms with Crippen LogP contribution in [0.15, 0.2) is 30.3 Å². The molecule has 1 aliphatic heterocycles. The number of carbonyl (C=O) groups excluding carboxylic acids is 1. The zero-order valence-electron chi connectivity index (χ0n) is 14.6. The fraction of sp³-hybridized carbons (Fsp3) is 0.444. The fourth-order valence-corrected chi connectivity index (χ4v) is 3.27. The molecule has 1 amide bonds. The molecule has 3 rings (SSSR count). The van der Waals surface area contributed by atoms with E-state index in [9.17, 15) is 18.0 Å². The number of amides is 1. The molecule has 0 N–H and O–H groups in total. The number of hydrogen-bond donors (Lipinski definition) is 0. The molecule has 140 valence electrons. The monoisotopic (exact) mass is 367 g/mol. The van der Waals surface area contributed by atoms with E-state index in [2.05, 4.69) is 5.10 Å². The van der Waals surface area contributed by atoms with Crippen LogP contribution in [0.5, 0.6) is 5.75 Å². The van der Waals surface area contributed by atoms with Gasteiger partial charge in [-0.05, 0) is 43.5 Å². The average Bonchev–Trinajstić information content (AvgIpc) is 3.22. The fourth-order valence-electron chi connectivity index (χ4n) is 3.27. The van der Waals surface area contributed by atoms with Crippen LogP contribution in [0.2, 0.25) is 0 Å². The van der Waals surface area contributed by atoms with Crippen molar-refractivity contribution in [3.05, 3.63) is 47.3 Å². The Bertz CT molecular complexity index is 784. The summed E-state index contributed by atoms with van der Waals surface area (Å²) in [5, 5.41) is 3.54. The summed E-state index contributed by atoms with van der Waals surface area (Å²) < 4.78 is 44.6. The minimum Gasteiger partial charge on any atom is -0.497 e. The molecule has 5 nitrogen and oxygen atoms in total. The van der Waals surface area contributed by atoms with E-state index in [1.807, 2.05) is 24.3 Å². The number of ether oxygens (including phenoxy) is 1. The molecule has 2 aromatic rings. The van der Waals surface area contributed by atoms with Crippen LogP contribution in [0.3, 0.4) is 0 Å². The lowest BCUT2D eigenvalue weighted by molar-refractivity contribution is -0.142. The molecule has 1 aromatic carbocycles. The van der Waals surface area contributed by atoms with Crippen LogP contribution in [0, 0.1) is 6.92 Å². The summed E-state index contributed by atoms with van der Waals surface area (Å²) >= 11 is 0. The maximum atomic E-state index is 12.8.